The van der Waals surface area contributed by atoms with Crippen LogP contribution < -0.4 is 0 Å². The van der Waals surface area contributed by atoms with Crippen LogP contribution in [-0.2, 0) is 41.4 Å². The zero-order valence-electron chi connectivity index (χ0n) is 19.5. The Balaban J connectivity index is 0. The first kappa shape index (κ1) is 42.3. The summed E-state index contributed by atoms with van der Waals surface area (Å²) in [5.41, 5.74) is 0. The molecule has 0 aliphatic carbocycles. The summed E-state index contributed by atoms with van der Waals surface area (Å²) >= 11 is 0. The Morgan fingerprint density at radius 3 is 2.14 bits per heavy atom. The number of hydrogen-bond acceptors (Lipinski definition) is 11. The summed E-state index contributed by atoms with van der Waals surface area (Å²) < 4.78 is 40.7. The van der Waals surface area contributed by atoms with Crippen LogP contribution in [-0.4, -0.2) is 79.2 Å². The quantitative estimate of drug-likeness (QED) is 0.143. The Hall–Kier alpha value is 4.19. The molecule has 0 aromatic heterocycles. The molecule has 2 rings (SSSR count). The van der Waals surface area contributed by atoms with E-state index >= 15 is 0 Å². The van der Waals surface area contributed by atoms with Gasteiger partial charge in [-0.3, -0.25) is 0 Å². The molecule has 10 unspecified atom stereocenters. The molecular formula is C15H38O11P9U-. The van der Waals surface area contributed by atoms with Gasteiger partial charge in [0.05, 0.1) is 44.2 Å². The molecular weight excluding hydrogens is 873 g/mol. The average molecular weight is 911 g/mol. The molecule has 2 fully saturated rings. The smallest absolute Gasteiger partial charge is 0.157 e. The van der Waals surface area contributed by atoms with Gasteiger partial charge in [0.1, 0.15) is 18.5 Å². The van der Waals surface area contributed by atoms with E-state index in [1.165, 1.54) is 0 Å². The summed E-state index contributed by atoms with van der Waals surface area (Å²) in [4.78, 5) is 10.2. The number of rotatable bonds is 15. The van der Waals surface area contributed by atoms with E-state index in [1.807, 2.05) is 9.47 Å². The van der Waals surface area contributed by atoms with Gasteiger partial charge < -0.3 is 51.6 Å². The van der Waals surface area contributed by atoms with Gasteiger partial charge in [0.2, 0.25) is 0 Å². The molecule has 11 nitrogen and oxygen atoms in total. The molecule has 0 bridgehead atoms. The van der Waals surface area contributed by atoms with E-state index in [9.17, 15) is 9.90 Å². The van der Waals surface area contributed by atoms with Crippen LogP contribution in [0.4, 0.5) is 0 Å². The standard InChI is InChI=1S/2C5H13O4P3.C5H12O3P3.U/c6-5-1-3(9-12-11)4(8-5)2-7-10;6-2-1-5(9-12-11)4(7)3-8-10;9-7-3-5-4(8-11-10)1-2-6-5;/h3-6,12H,1-2,10-11H2;2,4-5,7,12H,1,3,10-11H2;2,4-5,11H,1,3,9-10H2;/q;;-1;/t3-,4-,5?;2*4-,5-;/m111./s1. The Bertz CT molecular complexity index is 486. The third-order valence-electron chi connectivity index (χ3n) is 4.40. The van der Waals surface area contributed by atoms with Gasteiger partial charge in [-0.25, -0.2) is 6.61 Å². The number of hydrogen-bond donors (Lipinski definition) is 2. The van der Waals surface area contributed by atoms with Crippen molar-refractivity contribution in [2.45, 2.75) is 62.2 Å². The van der Waals surface area contributed by atoms with Gasteiger partial charge in [-0.2, -0.15) is 0 Å². The van der Waals surface area contributed by atoms with Gasteiger partial charge in [-0.15, -0.1) is 6.42 Å². The fourth-order valence-electron chi connectivity index (χ4n) is 2.79. The zero-order chi connectivity index (χ0) is 26.5. The molecule has 0 aromatic rings. The monoisotopic (exact) mass is 911 g/mol. The summed E-state index contributed by atoms with van der Waals surface area (Å²) in [6.45, 7) is 2.94. The van der Waals surface area contributed by atoms with Crippen LogP contribution in [0.1, 0.15) is 19.3 Å². The second-order valence-electron chi connectivity index (χ2n) is 6.73. The largest absolute Gasteiger partial charge is 0.546 e. The van der Waals surface area contributed by atoms with Crippen molar-refractivity contribution in [2.24, 2.45) is 0 Å². The number of carbonyl (C=O) groups excluding carboxylic acids is 1. The normalized spacial score (nSPS) is 27.6. The van der Waals surface area contributed by atoms with Crippen molar-refractivity contribution < 1.29 is 82.7 Å². The Morgan fingerprint density at radius 1 is 1.00 bits per heavy atom. The molecule has 2 aliphatic rings. The fraction of sp³-hybridized carbons (Fsp3) is 0.867. The molecule has 2 saturated heterocycles. The van der Waals surface area contributed by atoms with Crippen LogP contribution in [0.25, 0.3) is 0 Å². The molecule has 2 aliphatic heterocycles. The molecule has 2 heterocycles. The van der Waals surface area contributed by atoms with Crippen molar-refractivity contribution in [3.05, 3.63) is 6.61 Å². The average Bonchev–Trinajstić information content (AvgIpc) is 3.41. The van der Waals surface area contributed by atoms with Crippen LogP contribution in [0.15, 0.2) is 0 Å². The van der Waals surface area contributed by atoms with Crippen molar-refractivity contribution in [3.63, 3.8) is 0 Å². The van der Waals surface area contributed by atoms with Crippen molar-refractivity contribution in [1.29, 1.82) is 0 Å². The molecule has 0 radical (unpaired) electrons. The van der Waals surface area contributed by atoms with E-state index < -0.39 is 18.5 Å². The molecule has 0 aromatic carbocycles. The SMILES string of the molecule is O=CC[C@@H](OPP)[C@H](O)COP.OC1C[C@@H](OPP)[C@@H](COP)O1.POC[C@H]1O[CH-]C[C@H]1OPP.[U]. The van der Waals surface area contributed by atoms with Gasteiger partial charge in [0, 0.05) is 97.8 Å². The second kappa shape index (κ2) is 29.3. The third kappa shape index (κ3) is 20.2. The first-order chi connectivity index (χ1) is 16.9. The van der Waals surface area contributed by atoms with Gasteiger partial charge >= 0.3 is 0 Å². The van der Waals surface area contributed by atoms with Crippen molar-refractivity contribution in [3.8, 4) is 0 Å². The van der Waals surface area contributed by atoms with E-state index in [1.54, 1.807) is 6.61 Å². The molecule has 2 N–H and O–H groups in total. The first-order valence-electron chi connectivity index (χ1n) is 10.1. The molecule has 0 amide bonds. The molecule has 21 heteroatoms. The van der Waals surface area contributed by atoms with Crippen molar-refractivity contribution in [2.75, 3.05) is 19.8 Å². The summed E-state index contributed by atoms with van der Waals surface area (Å²) in [6, 6.07) is 0. The number of aliphatic hydroxyl groups excluding tert-OH is 2. The van der Waals surface area contributed by atoms with Gasteiger partial charge in [0.15, 0.2) is 6.29 Å². The number of carbonyl (C=O) groups is 1. The van der Waals surface area contributed by atoms with Gasteiger partial charge in [-0.1, -0.05) is 26.8 Å². The van der Waals surface area contributed by atoms with Crippen LogP contribution in [0.2, 0.25) is 0 Å². The summed E-state index contributed by atoms with van der Waals surface area (Å²) in [5, 5.41) is 18.5. The molecule has 16 atom stereocenters. The topological polar surface area (TPSA) is 131 Å². The summed E-state index contributed by atoms with van der Waals surface area (Å²) in [6.07, 6.45) is 0.438. The maximum Gasteiger partial charge on any atom is 0.157 e. The Kier molecular flexibility index (Phi) is 34.4. The number of aldehydes is 1. The first-order valence-corrected chi connectivity index (χ1v) is 19.7. The Morgan fingerprint density at radius 2 is 1.61 bits per heavy atom. The predicted molar refractivity (Wildman–Crippen MR) is 162 cm³/mol. The Labute approximate surface area is 256 Å². The minimum absolute atomic E-state index is 0. The van der Waals surface area contributed by atoms with Gasteiger partial charge in [0.25, 0.3) is 0 Å². The minimum atomic E-state index is -0.749. The van der Waals surface area contributed by atoms with Crippen LogP contribution in [0, 0.1) is 37.7 Å². The third-order valence-corrected chi connectivity index (χ3v) is 7.52. The number of ether oxygens (including phenoxy) is 2. The molecule has 214 valence electrons. The minimum Gasteiger partial charge on any atom is -0.546 e. The number of aliphatic hydroxyl groups is 2. The van der Waals surface area contributed by atoms with Crippen LogP contribution in [0.3, 0.4) is 0 Å². The molecule has 0 spiro atoms. The maximum atomic E-state index is 10.2. The van der Waals surface area contributed by atoms with E-state index in [0.29, 0.717) is 36.6 Å². The van der Waals surface area contributed by atoms with E-state index in [-0.39, 0.29) is 77.1 Å². The fourth-order valence-corrected chi connectivity index (χ4v) is 6.21. The second-order valence-corrected chi connectivity index (χ2v) is 11.3. The van der Waals surface area contributed by atoms with Crippen LogP contribution in [0.5, 0.6) is 0 Å². The summed E-state index contributed by atoms with van der Waals surface area (Å²) in [5.74, 6) is 0. The van der Waals surface area contributed by atoms with E-state index in [0.717, 1.165) is 12.7 Å². The predicted octanol–water partition coefficient (Wildman–Crippen LogP) is 2.69. The maximum absolute atomic E-state index is 10.2. The molecule has 0 saturated carbocycles. The van der Waals surface area contributed by atoms with Crippen molar-refractivity contribution >= 4 is 87.0 Å². The van der Waals surface area contributed by atoms with Crippen LogP contribution >= 0.6 is 80.7 Å². The van der Waals surface area contributed by atoms with Gasteiger partial charge in [-0.05, 0) is 0 Å². The molecule has 36 heavy (non-hydrogen) atoms. The zero-order valence-corrected chi connectivity index (χ0v) is 33.6. The van der Waals surface area contributed by atoms with E-state index in [2.05, 4.69) is 50.2 Å². The summed E-state index contributed by atoms with van der Waals surface area (Å²) in [7, 11) is 14.8. The van der Waals surface area contributed by atoms with Crippen molar-refractivity contribution in [1.82, 2.24) is 0 Å². The van der Waals surface area contributed by atoms with E-state index in [4.69, 9.17) is 37.2 Å².